The number of hydrogen-bond donors (Lipinski definition) is 0. The standard InChI is InChI=1S/C24H41ClNO5P/c1-9-32(29,31-15-12-14-30-23(5,6)18-22(2,3)4)16-11-10-13-26-17-19(25)20(27)24(7,8)21(26)28/h10,13,17H,9,11-12,14-16,18H2,1-8H3/b13-10-. The summed E-state index contributed by atoms with van der Waals surface area (Å²) in [5, 5.41) is 0.0229. The topological polar surface area (TPSA) is 72.9 Å². The molecule has 32 heavy (non-hydrogen) atoms. The maximum atomic E-state index is 13.0. The molecule has 0 fully saturated rings. The molecular formula is C24H41ClNO5P. The average Bonchev–Trinajstić information content (AvgIpc) is 2.65. The number of ketones is 1. The average molecular weight is 490 g/mol. The normalized spacial score (nSPS) is 19.4. The number of nitrogens with zero attached hydrogens (tertiary/aromatic N) is 1. The number of carbonyl (C=O) groups excluding carboxylic acids is 2. The van der Waals surface area contributed by atoms with Crippen LogP contribution in [0.15, 0.2) is 23.5 Å². The summed E-state index contributed by atoms with van der Waals surface area (Å²) in [6.07, 6.45) is 7.62. The van der Waals surface area contributed by atoms with Gasteiger partial charge in [-0.2, -0.15) is 0 Å². The molecule has 0 bridgehead atoms. The van der Waals surface area contributed by atoms with Gasteiger partial charge in [0.25, 0.3) is 0 Å². The number of halogens is 1. The molecule has 0 saturated carbocycles. The zero-order valence-electron chi connectivity index (χ0n) is 21.0. The second kappa shape index (κ2) is 11.5. The predicted octanol–water partition coefficient (Wildman–Crippen LogP) is 6.34. The molecule has 1 unspecified atom stereocenters. The van der Waals surface area contributed by atoms with Crippen LogP contribution in [0.25, 0.3) is 0 Å². The number of carbonyl (C=O) groups is 2. The fraction of sp³-hybridized carbons (Fsp3) is 0.750. The van der Waals surface area contributed by atoms with Crippen LogP contribution in [0.2, 0.25) is 0 Å². The highest BCUT2D eigenvalue weighted by molar-refractivity contribution is 7.58. The summed E-state index contributed by atoms with van der Waals surface area (Å²) >= 11 is 5.97. The Labute approximate surface area is 199 Å². The van der Waals surface area contributed by atoms with Crippen LogP contribution in [0.3, 0.4) is 0 Å². The summed E-state index contributed by atoms with van der Waals surface area (Å²) in [6, 6.07) is 0. The number of hydrogen-bond acceptors (Lipinski definition) is 5. The fourth-order valence-electron chi connectivity index (χ4n) is 3.81. The van der Waals surface area contributed by atoms with E-state index in [1.807, 2.05) is 6.92 Å². The van der Waals surface area contributed by atoms with E-state index in [9.17, 15) is 14.2 Å². The van der Waals surface area contributed by atoms with E-state index in [1.165, 1.54) is 11.1 Å². The number of ether oxygens (including phenoxy) is 1. The van der Waals surface area contributed by atoms with Gasteiger partial charge in [-0.05, 0) is 52.4 Å². The molecule has 1 heterocycles. The lowest BCUT2D eigenvalue weighted by atomic mass is 9.84. The molecule has 0 aromatic carbocycles. The first-order chi connectivity index (χ1) is 14.5. The Bertz CT molecular complexity index is 780. The van der Waals surface area contributed by atoms with Crippen LogP contribution < -0.4 is 0 Å². The zero-order valence-corrected chi connectivity index (χ0v) is 22.6. The Morgan fingerprint density at radius 1 is 1.16 bits per heavy atom. The van der Waals surface area contributed by atoms with E-state index in [4.69, 9.17) is 20.9 Å². The first-order valence-corrected chi connectivity index (χ1v) is 13.7. The van der Waals surface area contributed by atoms with E-state index < -0.39 is 12.8 Å². The molecule has 6 nitrogen and oxygen atoms in total. The molecule has 8 heteroatoms. The van der Waals surface area contributed by atoms with E-state index in [0.29, 0.717) is 38.4 Å². The molecule has 184 valence electrons. The van der Waals surface area contributed by atoms with Crippen molar-refractivity contribution in [3.8, 4) is 0 Å². The van der Waals surface area contributed by atoms with Crippen LogP contribution in [-0.2, 0) is 23.4 Å². The van der Waals surface area contributed by atoms with Gasteiger partial charge in [0.15, 0.2) is 5.78 Å². The summed E-state index contributed by atoms with van der Waals surface area (Å²) in [7, 11) is -2.75. The van der Waals surface area contributed by atoms with Gasteiger partial charge in [-0.15, -0.1) is 0 Å². The lowest BCUT2D eigenvalue weighted by Gasteiger charge is -2.32. The maximum absolute atomic E-state index is 13.0. The highest BCUT2D eigenvalue weighted by Crippen LogP contribution is 2.47. The molecule has 0 aromatic rings. The van der Waals surface area contributed by atoms with Crippen molar-refractivity contribution in [1.82, 2.24) is 4.90 Å². The summed E-state index contributed by atoms with van der Waals surface area (Å²) < 4.78 is 24.7. The van der Waals surface area contributed by atoms with E-state index >= 15 is 0 Å². The lowest BCUT2D eigenvalue weighted by molar-refractivity contribution is -0.143. The van der Waals surface area contributed by atoms with Crippen molar-refractivity contribution >= 4 is 30.7 Å². The van der Waals surface area contributed by atoms with Crippen molar-refractivity contribution in [3.63, 3.8) is 0 Å². The third-order valence-electron chi connectivity index (χ3n) is 5.25. The molecule has 0 N–H and O–H groups in total. The number of allylic oxidation sites excluding steroid dienone is 2. The first-order valence-electron chi connectivity index (χ1n) is 11.3. The van der Waals surface area contributed by atoms with Crippen molar-refractivity contribution in [3.05, 3.63) is 23.5 Å². The minimum atomic E-state index is -2.75. The third-order valence-corrected chi connectivity index (χ3v) is 8.08. The van der Waals surface area contributed by atoms with Gasteiger partial charge >= 0.3 is 0 Å². The van der Waals surface area contributed by atoms with Gasteiger partial charge in [0.2, 0.25) is 13.3 Å². The minimum Gasteiger partial charge on any atom is -0.375 e. The van der Waals surface area contributed by atoms with Gasteiger partial charge in [-0.1, -0.05) is 45.4 Å². The molecule has 0 saturated heterocycles. The zero-order chi connectivity index (χ0) is 24.8. The molecule has 0 aliphatic carbocycles. The highest BCUT2D eigenvalue weighted by atomic mass is 35.5. The molecule has 1 amide bonds. The molecule has 0 aromatic heterocycles. The number of rotatable bonds is 12. The quantitative estimate of drug-likeness (QED) is 0.181. The third kappa shape index (κ3) is 9.13. The van der Waals surface area contributed by atoms with Gasteiger partial charge < -0.3 is 9.26 Å². The largest absolute Gasteiger partial charge is 0.375 e. The van der Waals surface area contributed by atoms with Crippen LogP contribution in [0, 0.1) is 10.8 Å². The highest BCUT2D eigenvalue weighted by Gasteiger charge is 2.43. The SMILES string of the molecule is CCP(=O)(CC/C=C\N1C=C(Cl)C(=O)C(C)(C)C1=O)OCCCOC(C)(C)CC(C)(C)C. The summed E-state index contributed by atoms with van der Waals surface area (Å²) in [4.78, 5) is 25.8. The van der Waals surface area contributed by atoms with Crippen LogP contribution in [0.4, 0.5) is 0 Å². The molecule has 0 spiro atoms. The van der Waals surface area contributed by atoms with Crippen molar-refractivity contribution < 1.29 is 23.4 Å². The minimum absolute atomic E-state index is 0.0229. The van der Waals surface area contributed by atoms with Crippen molar-refractivity contribution in [1.29, 1.82) is 0 Å². The van der Waals surface area contributed by atoms with E-state index in [0.717, 1.165) is 6.42 Å². The van der Waals surface area contributed by atoms with Gasteiger partial charge in [0.1, 0.15) is 10.4 Å². The van der Waals surface area contributed by atoms with Crippen LogP contribution in [-0.4, -0.2) is 47.7 Å². The van der Waals surface area contributed by atoms with Crippen molar-refractivity contribution in [2.45, 2.75) is 80.3 Å². The van der Waals surface area contributed by atoms with Crippen molar-refractivity contribution in [2.24, 2.45) is 10.8 Å². The Hall–Kier alpha value is -0.940. The Morgan fingerprint density at radius 3 is 2.34 bits per heavy atom. The molecule has 1 aliphatic heterocycles. The first kappa shape index (κ1) is 29.1. The number of Topliss-reactive ketones (excluding diaryl/α,β-unsaturated/α-hetero) is 1. The lowest BCUT2D eigenvalue weighted by Crippen LogP contribution is -2.44. The maximum Gasteiger partial charge on any atom is 0.244 e. The van der Waals surface area contributed by atoms with E-state index in [1.54, 1.807) is 26.1 Å². The molecular weight excluding hydrogens is 449 g/mol. The fourth-order valence-corrected chi connectivity index (χ4v) is 5.78. The monoisotopic (exact) mass is 489 g/mol. The van der Waals surface area contributed by atoms with Crippen LogP contribution in [0.1, 0.15) is 74.7 Å². The Balaban J connectivity index is 2.48. The van der Waals surface area contributed by atoms with Gasteiger partial charge in [0.05, 0.1) is 12.2 Å². The van der Waals surface area contributed by atoms with Crippen LogP contribution >= 0.6 is 19.0 Å². The second-order valence-corrected chi connectivity index (χ2v) is 14.1. The number of amides is 1. The summed E-state index contributed by atoms with van der Waals surface area (Å²) in [6.45, 7) is 16.7. The molecule has 0 radical (unpaired) electrons. The molecule has 1 aliphatic rings. The smallest absolute Gasteiger partial charge is 0.244 e. The van der Waals surface area contributed by atoms with Crippen molar-refractivity contribution in [2.75, 3.05) is 25.5 Å². The molecule has 1 rings (SSSR count). The van der Waals surface area contributed by atoms with Crippen LogP contribution in [0.5, 0.6) is 0 Å². The summed E-state index contributed by atoms with van der Waals surface area (Å²) in [5.74, 6) is -0.726. The van der Waals surface area contributed by atoms with Gasteiger partial charge in [-0.25, -0.2) is 0 Å². The van der Waals surface area contributed by atoms with Gasteiger partial charge in [0, 0.05) is 31.3 Å². The molecule has 1 atom stereocenters. The summed E-state index contributed by atoms with van der Waals surface area (Å²) in [5.41, 5.74) is -1.21. The van der Waals surface area contributed by atoms with Gasteiger partial charge in [-0.3, -0.25) is 19.1 Å². The Morgan fingerprint density at radius 2 is 1.78 bits per heavy atom. The van der Waals surface area contributed by atoms with E-state index in [2.05, 4.69) is 34.6 Å². The second-order valence-electron chi connectivity index (χ2n) is 10.7. The Kier molecular flexibility index (Phi) is 10.4. The van der Waals surface area contributed by atoms with E-state index in [-0.39, 0.29) is 27.7 Å². The predicted molar refractivity (Wildman–Crippen MR) is 131 cm³/mol.